The summed E-state index contributed by atoms with van der Waals surface area (Å²) in [7, 11) is 4.68. The number of methoxy groups -OCH3 is 3. The molecule has 10 nitrogen and oxygen atoms in total. The van der Waals surface area contributed by atoms with E-state index >= 15 is 0 Å². The molecule has 0 aliphatic carbocycles. The molecule has 0 saturated carbocycles. The Labute approximate surface area is 304 Å². The highest BCUT2D eigenvalue weighted by atomic mass is 35.5. The van der Waals surface area contributed by atoms with Crippen molar-refractivity contribution in [3.05, 3.63) is 107 Å². The highest BCUT2D eigenvalue weighted by Gasteiger charge is 2.42. The van der Waals surface area contributed by atoms with Crippen LogP contribution in [0.3, 0.4) is 0 Å². The summed E-state index contributed by atoms with van der Waals surface area (Å²) in [6, 6.07) is 24.3. The lowest BCUT2D eigenvalue weighted by molar-refractivity contribution is 0.0779. The molecule has 1 amide bonds. The normalized spacial score (nSPS) is 18.2. The third kappa shape index (κ3) is 7.34. The van der Waals surface area contributed by atoms with Crippen LogP contribution in [0.2, 0.25) is 5.02 Å². The van der Waals surface area contributed by atoms with E-state index in [1.807, 2.05) is 47.6 Å². The van der Waals surface area contributed by atoms with Gasteiger partial charge in [0.1, 0.15) is 0 Å². The molecule has 7 rings (SSSR count). The summed E-state index contributed by atoms with van der Waals surface area (Å²) in [6.07, 6.45) is 7.61. The first-order chi connectivity index (χ1) is 24.9. The van der Waals surface area contributed by atoms with Gasteiger partial charge in [-0.25, -0.2) is 4.98 Å². The maximum atomic E-state index is 14.0. The minimum atomic E-state index is -0.196. The van der Waals surface area contributed by atoms with Crippen LogP contribution in [0.4, 0.5) is 5.95 Å². The number of para-hydroxylation sites is 2. The van der Waals surface area contributed by atoms with E-state index in [-0.39, 0.29) is 11.3 Å². The van der Waals surface area contributed by atoms with Crippen LogP contribution in [-0.2, 0) is 12.0 Å². The summed E-state index contributed by atoms with van der Waals surface area (Å²) < 4.78 is 16.6. The number of H-pyrrole nitrogens is 1. The van der Waals surface area contributed by atoms with Crippen molar-refractivity contribution in [3.8, 4) is 17.2 Å². The van der Waals surface area contributed by atoms with E-state index in [0.29, 0.717) is 47.0 Å². The molecule has 0 bridgehead atoms. The third-order valence-electron chi connectivity index (χ3n) is 10.6. The fourth-order valence-electron chi connectivity index (χ4n) is 7.79. The lowest BCUT2D eigenvalue weighted by atomic mass is 9.76. The number of piperidine rings is 1. The predicted octanol–water partition coefficient (Wildman–Crippen LogP) is 6.98. The summed E-state index contributed by atoms with van der Waals surface area (Å²) in [6.45, 7) is 4.92. The van der Waals surface area contributed by atoms with Crippen molar-refractivity contribution >= 4 is 34.5 Å². The maximum Gasteiger partial charge on any atom is 0.254 e. The van der Waals surface area contributed by atoms with Crippen molar-refractivity contribution in [1.29, 1.82) is 0 Å². The first-order valence-electron chi connectivity index (χ1n) is 17.6. The molecule has 51 heavy (non-hydrogen) atoms. The van der Waals surface area contributed by atoms with Crippen LogP contribution < -0.4 is 19.1 Å². The van der Waals surface area contributed by atoms with E-state index in [4.69, 9.17) is 30.8 Å². The number of benzene rings is 3. The second-order valence-electron chi connectivity index (χ2n) is 13.6. The molecule has 2 aliphatic heterocycles. The summed E-state index contributed by atoms with van der Waals surface area (Å²) in [4.78, 5) is 33.9. The number of imidazole rings is 1. The van der Waals surface area contributed by atoms with Crippen LogP contribution in [0.15, 0.2) is 85.2 Å². The van der Waals surface area contributed by atoms with Crippen molar-refractivity contribution < 1.29 is 19.0 Å². The Kier molecular flexibility index (Phi) is 10.3. The Morgan fingerprint density at radius 1 is 0.961 bits per heavy atom. The molecular formula is C40H45ClN6O4. The Hall–Kier alpha value is -4.80. The SMILES string of the molecule is COc1cc(C(=O)N2CCC(CCN3CCC(N(Cc4cccnc4)c4nc5ccccc5[nH]4)CC3)(c3ccc(Cl)cc3)C2)cc(OC)c1OC. The molecule has 1 unspecified atom stereocenters. The molecule has 2 fully saturated rings. The lowest BCUT2D eigenvalue weighted by Gasteiger charge is -2.40. The zero-order chi connectivity index (χ0) is 35.4. The van der Waals surface area contributed by atoms with E-state index in [0.717, 1.165) is 74.4 Å². The average molecular weight is 709 g/mol. The van der Waals surface area contributed by atoms with Gasteiger partial charge in [-0.1, -0.05) is 41.9 Å². The second kappa shape index (κ2) is 15.2. The molecule has 2 aromatic heterocycles. The number of carbonyl (C=O) groups is 1. The quantitative estimate of drug-likeness (QED) is 0.148. The number of amides is 1. The molecule has 0 spiro atoms. The number of halogens is 1. The van der Waals surface area contributed by atoms with Crippen molar-refractivity contribution in [2.75, 3.05) is 59.0 Å². The average Bonchev–Trinajstić information content (AvgIpc) is 3.82. The fraction of sp³-hybridized carbons (Fsp3) is 0.375. The molecule has 2 aliphatic rings. The van der Waals surface area contributed by atoms with Gasteiger partial charge >= 0.3 is 0 Å². The van der Waals surface area contributed by atoms with Crippen LogP contribution in [0.1, 0.15) is 47.2 Å². The zero-order valence-corrected chi connectivity index (χ0v) is 30.2. The number of fused-ring (bicyclic) bond motifs is 1. The van der Waals surface area contributed by atoms with Crippen LogP contribution >= 0.6 is 11.6 Å². The van der Waals surface area contributed by atoms with Crippen LogP contribution in [0.5, 0.6) is 17.2 Å². The van der Waals surface area contributed by atoms with Gasteiger partial charge in [0, 0.05) is 67.2 Å². The zero-order valence-electron chi connectivity index (χ0n) is 29.5. The number of anilines is 1. The van der Waals surface area contributed by atoms with Gasteiger partial charge in [-0.15, -0.1) is 0 Å². The number of aromatic nitrogens is 3. The molecular weight excluding hydrogens is 664 g/mol. The fourth-order valence-corrected chi connectivity index (χ4v) is 7.91. The topological polar surface area (TPSA) is 96.1 Å². The summed E-state index contributed by atoms with van der Waals surface area (Å²) in [5.74, 6) is 2.25. The number of aromatic amines is 1. The van der Waals surface area contributed by atoms with Gasteiger partial charge in [0.05, 0.1) is 32.4 Å². The number of likely N-dealkylation sites (tertiary alicyclic amines) is 2. The molecule has 2 saturated heterocycles. The standard InChI is InChI=1S/C40H45ClN6O4/c1-49-35-23-29(24-36(50-2)37(35)51-3)38(48)46-22-17-40(27-46,30-10-12-31(41)13-11-30)16-21-45-19-14-32(15-20-45)47(26-28-7-6-18-42-25-28)39-43-33-8-4-5-9-34(33)44-39/h4-13,18,23-25,32H,14-17,19-22,26-27H2,1-3H3,(H,43,44). The van der Waals surface area contributed by atoms with Gasteiger partial charge < -0.3 is 33.9 Å². The first-order valence-corrected chi connectivity index (χ1v) is 18.0. The molecule has 11 heteroatoms. The maximum absolute atomic E-state index is 14.0. The molecule has 1 N–H and O–H groups in total. The number of rotatable bonds is 12. The molecule has 4 heterocycles. The molecule has 266 valence electrons. The number of hydrogen-bond donors (Lipinski definition) is 1. The van der Waals surface area contributed by atoms with Gasteiger partial charge in [0.25, 0.3) is 5.91 Å². The molecule has 0 radical (unpaired) electrons. The number of nitrogens with zero attached hydrogens (tertiary/aromatic N) is 5. The van der Waals surface area contributed by atoms with E-state index in [2.05, 4.69) is 50.1 Å². The van der Waals surface area contributed by atoms with Gasteiger partial charge in [0.15, 0.2) is 11.5 Å². The Balaban J connectivity index is 1.06. The predicted molar refractivity (Wildman–Crippen MR) is 200 cm³/mol. The van der Waals surface area contributed by atoms with Gasteiger partial charge in [-0.3, -0.25) is 9.78 Å². The first kappa shape index (κ1) is 34.6. The number of pyridine rings is 1. The third-order valence-corrected chi connectivity index (χ3v) is 10.9. The summed E-state index contributed by atoms with van der Waals surface area (Å²) >= 11 is 6.34. The smallest absolute Gasteiger partial charge is 0.254 e. The van der Waals surface area contributed by atoms with Gasteiger partial charge in [0.2, 0.25) is 11.7 Å². The monoisotopic (exact) mass is 708 g/mol. The number of hydrogen-bond acceptors (Lipinski definition) is 8. The summed E-state index contributed by atoms with van der Waals surface area (Å²) in [5.41, 5.74) is 4.72. The van der Waals surface area contributed by atoms with Gasteiger partial charge in [-0.2, -0.15) is 0 Å². The van der Waals surface area contributed by atoms with Crippen molar-refractivity contribution in [2.24, 2.45) is 0 Å². The Morgan fingerprint density at radius 2 is 1.71 bits per heavy atom. The number of ether oxygens (including phenoxy) is 3. The van der Waals surface area contributed by atoms with E-state index in [1.54, 1.807) is 33.5 Å². The Bertz CT molecular complexity index is 1890. The van der Waals surface area contributed by atoms with Crippen LogP contribution in [0, 0.1) is 0 Å². The highest BCUT2D eigenvalue weighted by Crippen LogP contribution is 2.42. The number of carbonyl (C=O) groups excluding carboxylic acids is 1. The largest absolute Gasteiger partial charge is 0.493 e. The van der Waals surface area contributed by atoms with Crippen LogP contribution in [0.25, 0.3) is 11.0 Å². The van der Waals surface area contributed by atoms with Crippen molar-refractivity contribution in [2.45, 2.75) is 43.7 Å². The minimum Gasteiger partial charge on any atom is -0.493 e. The lowest BCUT2D eigenvalue weighted by Crippen LogP contribution is -2.46. The Morgan fingerprint density at radius 3 is 2.37 bits per heavy atom. The second-order valence-corrected chi connectivity index (χ2v) is 14.0. The summed E-state index contributed by atoms with van der Waals surface area (Å²) in [5, 5.41) is 0.708. The van der Waals surface area contributed by atoms with E-state index < -0.39 is 0 Å². The number of nitrogens with one attached hydrogen (secondary N) is 1. The van der Waals surface area contributed by atoms with E-state index in [9.17, 15) is 4.79 Å². The molecule has 1 atom stereocenters. The van der Waals surface area contributed by atoms with Crippen molar-refractivity contribution in [1.82, 2.24) is 24.8 Å². The van der Waals surface area contributed by atoms with Crippen molar-refractivity contribution in [3.63, 3.8) is 0 Å². The minimum absolute atomic E-state index is 0.0507. The highest BCUT2D eigenvalue weighted by molar-refractivity contribution is 6.30. The molecule has 3 aromatic carbocycles. The van der Waals surface area contributed by atoms with Crippen LogP contribution in [-0.4, -0.2) is 90.8 Å². The molecule has 5 aromatic rings. The van der Waals surface area contributed by atoms with Gasteiger partial charge in [-0.05, 0) is 85.8 Å². The van der Waals surface area contributed by atoms with E-state index in [1.165, 1.54) is 5.56 Å².